The average molecular weight is 337 g/mol. The number of rotatable bonds is 2. The summed E-state index contributed by atoms with van der Waals surface area (Å²) in [4.78, 5) is 14.1. The van der Waals surface area contributed by atoms with Crippen molar-refractivity contribution >= 4 is 11.7 Å². The fourth-order valence-electron chi connectivity index (χ4n) is 4.34. The molecular formula is C21H23NO3. The van der Waals surface area contributed by atoms with E-state index in [1.807, 2.05) is 24.3 Å². The zero-order chi connectivity index (χ0) is 17.4. The van der Waals surface area contributed by atoms with Crippen molar-refractivity contribution in [2.75, 3.05) is 25.7 Å². The topological polar surface area (TPSA) is 38.8 Å². The molecule has 1 unspecified atom stereocenters. The molecule has 0 N–H and O–H groups in total. The van der Waals surface area contributed by atoms with E-state index < -0.39 is 0 Å². The van der Waals surface area contributed by atoms with E-state index >= 15 is 0 Å². The van der Waals surface area contributed by atoms with Crippen LogP contribution in [0.25, 0.3) is 0 Å². The van der Waals surface area contributed by atoms with Gasteiger partial charge >= 0.3 is 5.97 Å². The normalized spacial score (nSPS) is 25.0. The van der Waals surface area contributed by atoms with E-state index in [4.69, 9.17) is 9.47 Å². The summed E-state index contributed by atoms with van der Waals surface area (Å²) < 4.78 is 11.0. The summed E-state index contributed by atoms with van der Waals surface area (Å²) in [7, 11) is 3.56. The third kappa shape index (κ3) is 2.71. The highest BCUT2D eigenvalue weighted by Gasteiger charge is 2.42. The maximum Gasteiger partial charge on any atom is 0.337 e. The molecule has 0 spiro atoms. The molecule has 0 amide bonds. The van der Waals surface area contributed by atoms with Gasteiger partial charge in [-0.25, -0.2) is 4.79 Å². The van der Waals surface area contributed by atoms with Gasteiger partial charge in [0.2, 0.25) is 0 Å². The molecule has 0 radical (unpaired) electrons. The highest BCUT2D eigenvalue weighted by molar-refractivity contribution is 5.89. The number of para-hydroxylation sites is 1. The molecule has 25 heavy (non-hydrogen) atoms. The maximum atomic E-state index is 11.7. The molecule has 2 heterocycles. The Hall–Kier alpha value is -2.33. The number of ether oxygens (including phenoxy) is 2. The van der Waals surface area contributed by atoms with Crippen molar-refractivity contribution in [3.05, 3.63) is 65.2 Å². The van der Waals surface area contributed by atoms with Crippen molar-refractivity contribution in [2.24, 2.45) is 5.92 Å². The molecule has 4 nitrogen and oxygen atoms in total. The van der Waals surface area contributed by atoms with E-state index in [9.17, 15) is 4.79 Å². The van der Waals surface area contributed by atoms with Crippen LogP contribution in [0.5, 0.6) is 0 Å². The zero-order valence-corrected chi connectivity index (χ0v) is 14.6. The molecule has 2 aliphatic heterocycles. The smallest absolute Gasteiger partial charge is 0.337 e. The lowest BCUT2D eigenvalue weighted by Gasteiger charge is -2.48. The van der Waals surface area contributed by atoms with Crippen molar-refractivity contribution in [1.29, 1.82) is 0 Å². The van der Waals surface area contributed by atoms with Crippen molar-refractivity contribution < 1.29 is 14.3 Å². The molecule has 3 atom stereocenters. The number of carbonyl (C=O) groups excluding carboxylic acids is 1. The van der Waals surface area contributed by atoms with Crippen molar-refractivity contribution in [3.63, 3.8) is 0 Å². The van der Waals surface area contributed by atoms with Crippen LogP contribution in [0.2, 0.25) is 0 Å². The monoisotopic (exact) mass is 337 g/mol. The van der Waals surface area contributed by atoms with Gasteiger partial charge in [-0.15, -0.1) is 0 Å². The largest absolute Gasteiger partial charge is 0.465 e. The predicted octanol–water partition coefficient (Wildman–Crippen LogP) is 4.13. The SMILES string of the molecule is COC(=O)c1ccc([C@@H]2C3CCCO[C@@H]3c3ccccc3N2C)cc1. The standard InChI is InChI=1S/C21H23NO3/c1-22-18-8-4-3-6-16(18)20-17(7-5-13-25-20)19(22)14-9-11-15(12-10-14)21(23)24-2/h3-4,6,8-12,17,19-20H,5,7,13H2,1-2H3/t17?,19-,20-/m1/s1. The second-order valence-electron chi connectivity index (χ2n) is 6.83. The molecule has 0 aromatic heterocycles. The Labute approximate surface area is 148 Å². The van der Waals surface area contributed by atoms with Crippen LogP contribution in [0, 0.1) is 5.92 Å². The molecule has 1 saturated heterocycles. The zero-order valence-electron chi connectivity index (χ0n) is 14.6. The highest BCUT2D eigenvalue weighted by atomic mass is 16.5. The van der Waals surface area contributed by atoms with E-state index in [0.29, 0.717) is 11.5 Å². The summed E-state index contributed by atoms with van der Waals surface area (Å²) in [6.07, 6.45) is 2.38. The third-order valence-electron chi connectivity index (χ3n) is 5.49. The Balaban J connectivity index is 1.74. The number of hydrogen-bond donors (Lipinski definition) is 0. The Bertz CT molecular complexity index is 771. The van der Waals surface area contributed by atoms with Gasteiger partial charge < -0.3 is 14.4 Å². The lowest BCUT2D eigenvalue weighted by molar-refractivity contribution is -0.0420. The fourth-order valence-corrected chi connectivity index (χ4v) is 4.34. The van der Waals surface area contributed by atoms with Crippen molar-refractivity contribution in [3.8, 4) is 0 Å². The van der Waals surface area contributed by atoms with E-state index in [1.54, 1.807) is 0 Å². The first-order valence-corrected chi connectivity index (χ1v) is 8.82. The van der Waals surface area contributed by atoms with Gasteiger partial charge in [0.1, 0.15) is 0 Å². The van der Waals surface area contributed by atoms with E-state index in [0.717, 1.165) is 19.4 Å². The molecular weight excluding hydrogens is 314 g/mol. The van der Waals surface area contributed by atoms with Gasteiger partial charge in [-0.05, 0) is 36.6 Å². The number of methoxy groups -OCH3 is 1. The first-order chi connectivity index (χ1) is 12.2. The van der Waals surface area contributed by atoms with Gasteiger partial charge in [0.05, 0.1) is 24.8 Å². The number of carbonyl (C=O) groups is 1. The van der Waals surface area contributed by atoms with Crippen LogP contribution in [0.4, 0.5) is 5.69 Å². The average Bonchev–Trinajstić information content (AvgIpc) is 2.68. The summed E-state index contributed by atoms with van der Waals surface area (Å²) in [5.74, 6) is 0.116. The highest BCUT2D eigenvalue weighted by Crippen LogP contribution is 2.51. The van der Waals surface area contributed by atoms with Gasteiger partial charge in [-0.3, -0.25) is 0 Å². The molecule has 0 bridgehead atoms. The number of anilines is 1. The van der Waals surface area contributed by atoms with E-state index in [-0.39, 0.29) is 18.1 Å². The number of hydrogen-bond acceptors (Lipinski definition) is 4. The molecule has 1 fully saturated rings. The quantitative estimate of drug-likeness (QED) is 0.772. The molecule has 130 valence electrons. The summed E-state index contributed by atoms with van der Waals surface area (Å²) in [5, 5.41) is 0. The molecule has 4 heteroatoms. The Kier molecular flexibility index (Phi) is 4.22. The Morgan fingerprint density at radius 3 is 2.68 bits per heavy atom. The summed E-state index contributed by atoms with van der Waals surface area (Å²) in [5.41, 5.74) is 4.32. The third-order valence-corrected chi connectivity index (χ3v) is 5.49. The van der Waals surface area contributed by atoms with Crippen LogP contribution in [0.15, 0.2) is 48.5 Å². The van der Waals surface area contributed by atoms with Crippen LogP contribution in [-0.2, 0) is 9.47 Å². The van der Waals surface area contributed by atoms with Crippen LogP contribution in [0.1, 0.15) is 46.5 Å². The summed E-state index contributed by atoms with van der Waals surface area (Å²) in [6.45, 7) is 0.827. The van der Waals surface area contributed by atoms with Crippen LogP contribution < -0.4 is 4.90 Å². The Morgan fingerprint density at radius 2 is 1.92 bits per heavy atom. The van der Waals surface area contributed by atoms with Gasteiger partial charge in [0.15, 0.2) is 0 Å². The number of esters is 1. The number of fused-ring (bicyclic) bond motifs is 3. The minimum Gasteiger partial charge on any atom is -0.465 e. The van der Waals surface area contributed by atoms with Crippen LogP contribution in [0.3, 0.4) is 0 Å². The molecule has 0 saturated carbocycles. The second kappa shape index (κ2) is 6.52. The van der Waals surface area contributed by atoms with Gasteiger partial charge in [-0.2, -0.15) is 0 Å². The van der Waals surface area contributed by atoms with Crippen LogP contribution in [-0.4, -0.2) is 26.7 Å². The number of nitrogens with zero attached hydrogens (tertiary/aromatic N) is 1. The lowest BCUT2D eigenvalue weighted by atomic mass is 9.76. The molecule has 0 aliphatic carbocycles. The lowest BCUT2D eigenvalue weighted by Crippen LogP contribution is -2.41. The van der Waals surface area contributed by atoms with Gasteiger partial charge in [0, 0.05) is 30.8 Å². The van der Waals surface area contributed by atoms with Gasteiger partial charge in [-0.1, -0.05) is 30.3 Å². The molecule has 2 aromatic carbocycles. The maximum absolute atomic E-state index is 11.7. The predicted molar refractivity (Wildman–Crippen MR) is 96.8 cm³/mol. The first kappa shape index (κ1) is 16.2. The minimum absolute atomic E-state index is 0.145. The summed E-state index contributed by atoms with van der Waals surface area (Å²) >= 11 is 0. The molecule has 2 aliphatic rings. The van der Waals surface area contributed by atoms with Crippen molar-refractivity contribution in [1.82, 2.24) is 0 Å². The van der Waals surface area contributed by atoms with Gasteiger partial charge in [0.25, 0.3) is 0 Å². The first-order valence-electron chi connectivity index (χ1n) is 8.82. The molecule has 4 rings (SSSR count). The summed E-state index contributed by atoms with van der Waals surface area (Å²) in [6, 6.07) is 16.6. The fraction of sp³-hybridized carbons (Fsp3) is 0.381. The second-order valence-corrected chi connectivity index (χ2v) is 6.83. The minimum atomic E-state index is -0.298. The van der Waals surface area contributed by atoms with E-state index in [2.05, 4.69) is 36.2 Å². The Morgan fingerprint density at radius 1 is 1.16 bits per heavy atom. The van der Waals surface area contributed by atoms with E-state index in [1.165, 1.54) is 23.9 Å². The molecule has 2 aromatic rings. The van der Waals surface area contributed by atoms with Crippen LogP contribution >= 0.6 is 0 Å². The number of benzene rings is 2. The van der Waals surface area contributed by atoms with Crippen molar-refractivity contribution in [2.45, 2.75) is 25.0 Å².